The Bertz CT molecular complexity index is 1160. The second kappa shape index (κ2) is 9.09. The Hall–Kier alpha value is -3.19. The van der Waals surface area contributed by atoms with Crippen molar-refractivity contribution >= 4 is 27.4 Å². The first-order chi connectivity index (χ1) is 14.3. The van der Waals surface area contributed by atoms with Gasteiger partial charge in [0.15, 0.2) is 0 Å². The van der Waals surface area contributed by atoms with Crippen LogP contribution in [0.2, 0.25) is 0 Å². The second-order valence-corrected chi connectivity index (χ2v) is 8.94. The van der Waals surface area contributed by atoms with E-state index in [4.69, 9.17) is 0 Å². The zero-order valence-electron chi connectivity index (χ0n) is 17.3. The third-order valence-corrected chi connectivity index (χ3v) is 6.07. The molecule has 0 aliphatic rings. The van der Waals surface area contributed by atoms with E-state index in [0.717, 1.165) is 23.1 Å². The summed E-state index contributed by atoms with van der Waals surface area (Å²) in [5.74, 6) is -0.401. The van der Waals surface area contributed by atoms with E-state index in [2.05, 4.69) is 15.0 Å². The standard InChI is InChI=1S/C23H25N3O3S/c1-4-18-6-8-19(9-7-18)15-30(28,29)26-22-14-20(11-12-24-22)23(27)25-21-10-5-16(2)17(3)13-21/h5-14H,4,15H2,1-3H3,(H,24,26)(H,25,27). The van der Waals surface area contributed by atoms with Crippen LogP contribution in [0, 0.1) is 13.8 Å². The third-order valence-electron chi connectivity index (χ3n) is 4.83. The maximum absolute atomic E-state index is 12.6. The molecule has 0 bridgehead atoms. The lowest BCUT2D eigenvalue weighted by molar-refractivity contribution is 0.102. The zero-order chi connectivity index (χ0) is 21.7. The van der Waals surface area contributed by atoms with Crippen molar-refractivity contribution < 1.29 is 13.2 Å². The van der Waals surface area contributed by atoms with Crippen LogP contribution >= 0.6 is 0 Å². The molecule has 7 heteroatoms. The highest BCUT2D eigenvalue weighted by Crippen LogP contribution is 2.17. The van der Waals surface area contributed by atoms with Crippen LogP contribution in [0.25, 0.3) is 0 Å². The van der Waals surface area contributed by atoms with E-state index >= 15 is 0 Å². The number of pyridine rings is 1. The maximum Gasteiger partial charge on any atom is 0.255 e. The lowest BCUT2D eigenvalue weighted by Crippen LogP contribution is -2.17. The number of benzene rings is 2. The summed E-state index contributed by atoms with van der Waals surface area (Å²) in [5.41, 5.74) is 5.03. The predicted molar refractivity (Wildman–Crippen MR) is 120 cm³/mol. The molecule has 3 rings (SSSR count). The van der Waals surface area contributed by atoms with E-state index in [1.165, 1.54) is 18.3 Å². The molecule has 0 aliphatic carbocycles. The van der Waals surface area contributed by atoms with Gasteiger partial charge in [0.2, 0.25) is 10.0 Å². The fourth-order valence-electron chi connectivity index (χ4n) is 2.94. The first-order valence-corrected chi connectivity index (χ1v) is 11.3. The summed E-state index contributed by atoms with van der Waals surface area (Å²) >= 11 is 0. The van der Waals surface area contributed by atoms with E-state index in [0.29, 0.717) is 16.8 Å². The van der Waals surface area contributed by atoms with E-state index in [9.17, 15) is 13.2 Å². The van der Waals surface area contributed by atoms with Crippen LogP contribution in [-0.2, 0) is 22.2 Å². The topological polar surface area (TPSA) is 88.2 Å². The highest BCUT2D eigenvalue weighted by atomic mass is 32.2. The van der Waals surface area contributed by atoms with Gasteiger partial charge in [-0.2, -0.15) is 0 Å². The Morgan fingerprint density at radius 1 is 0.933 bits per heavy atom. The first kappa shape index (κ1) is 21.5. The molecule has 2 aromatic carbocycles. The fraction of sp³-hybridized carbons (Fsp3) is 0.217. The van der Waals surface area contributed by atoms with Crippen molar-refractivity contribution in [3.8, 4) is 0 Å². The summed E-state index contributed by atoms with van der Waals surface area (Å²) in [4.78, 5) is 16.6. The molecule has 0 spiro atoms. The van der Waals surface area contributed by atoms with Gasteiger partial charge in [-0.05, 0) is 66.8 Å². The molecule has 0 atom stereocenters. The van der Waals surface area contributed by atoms with Gasteiger partial charge in [-0.25, -0.2) is 13.4 Å². The van der Waals surface area contributed by atoms with Gasteiger partial charge in [0.25, 0.3) is 5.91 Å². The number of carbonyl (C=O) groups excluding carboxylic acids is 1. The Balaban J connectivity index is 1.70. The number of nitrogens with one attached hydrogen (secondary N) is 2. The minimum absolute atomic E-state index is 0.105. The number of nitrogens with zero attached hydrogens (tertiary/aromatic N) is 1. The summed E-state index contributed by atoms with van der Waals surface area (Å²) < 4.78 is 27.5. The lowest BCUT2D eigenvalue weighted by atomic mass is 10.1. The summed E-state index contributed by atoms with van der Waals surface area (Å²) in [5, 5.41) is 2.82. The number of aromatic nitrogens is 1. The number of aryl methyl sites for hydroxylation is 3. The molecule has 156 valence electrons. The zero-order valence-corrected chi connectivity index (χ0v) is 18.1. The van der Waals surface area contributed by atoms with Crippen molar-refractivity contribution in [1.29, 1.82) is 0 Å². The van der Waals surface area contributed by atoms with Crippen LogP contribution in [0.4, 0.5) is 11.5 Å². The van der Waals surface area contributed by atoms with Crippen LogP contribution in [0.5, 0.6) is 0 Å². The SMILES string of the molecule is CCc1ccc(CS(=O)(=O)Nc2cc(C(=O)Nc3ccc(C)c(C)c3)ccn2)cc1. The average molecular weight is 424 g/mol. The summed E-state index contributed by atoms with van der Waals surface area (Å²) in [6.07, 6.45) is 2.30. The largest absolute Gasteiger partial charge is 0.322 e. The number of sulfonamides is 1. The number of rotatable bonds is 7. The molecule has 0 radical (unpaired) electrons. The van der Waals surface area contributed by atoms with Gasteiger partial charge in [0.05, 0.1) is 5.75 Å². The van der Waals surface area contributed by atoms with Crippen molar-refractivity contribution in [2.24, 2.45) is 0 Å². The van der Waals surface area contributed by atoms with E-state index in [1.54, 1.807) is 12.1 Å². The maximum atomic E-state index is 12.6. The molecule has 3 aromatic rings. The van der Waals surface area contributed by atoms with Crippen LogP contribution in [0.15, 0.2) is 60.8 Å². The van der Waals surface area contributed by atoms with Crippen molar-refractivity contribution in [2.75, 3.05) is 10.0 Å². The van der Waals surface area contributed by atoms with Gasteiger partial charge < -0.3 is 5.32 Å². The monoisotopic (exact) mass is 423 g/mol. The molecule has 1 heterocycles. The Kier molecular flexibility index (Phi) is 6.52. The lowest BCUT2D eigenvalue weighted by Gasteiger charge is -2.10. The molecule has 1 amide bonds. The van der Waals surface area contributed by atoms with Crippen molar-refractivity contribution in [3.63, 3.8) is 0 Å². The number of carbonyl (C=O) groups is 1. The molecule has 0 unspecified atom stereocenters. The third kappa shape index (κ3) is 5.67. The molecule has 0 fully saturated rings. The molecule has 2 N–H and O–H groups in total. The molecule has 1 aromatic heterocycles. The number of hydrogen-bond donors (Lipinski definition) is 2. The van der Waals surface area contributed by atoms with E-state index < -0.39 is 10.0 Å². The minimum Gasteiger partial charge on any atom is -0.322 e. The number of anilines is 2. The van der Waals surface area contributed by atoms with Gasteiger partial charge >= 0.3 is 0 Å². The number of amides is 1. The van der Waals surface area contributed by atoms with Crippen molar-refractivity contribution in [2.45, 2.75) is 32.9 Å². The molecular weight excluding hydrogens is 398 g/mol. The van der Waals surface area contributed by atoms with E-state index in [-0.39, 0.29) is 17.5 Å². The van der Waals surface area contributed by atoms with E-state index in [1.807, 2.05) is 51.1 Å². The van der Waals surface area contributed by atoms with Crippen LogP contribution in [-0.4, -0.2) is 19.3 Å². The van der Waals surface area contributed by atoms with Gasteiger partial charge in [-0.3, -0.25) is 9.52 Å². The van der Waals surface area contributed by atoms with Crippen molar-refractivity contribution in [3.05, 3.63) is 88.6 Å². The molecule has 0 saturated heterocycles. The number of hydrogen-bond acceptors (Lipinski definition) is 4. The smallest absolute Gasteiger partial charge is 0.255 e. The Morgan fingerprint density at radius 2 is 1.63 bits per heavy atom. The summed E-state index contributed by atoms with van der Waals surface area (Å²) in [7, 11) is -3.66. The first-order valence-electron chi connectivity index (χ1n) is 9.69. The summed E-state index contributed by atoms with van der Waals surface area (Å²) in [6.45, 7) is 6.02. The highest BCUT2D eigenvalue weighted by Gasteiger charge is 2.14. The Morgan fingerprint density at radius 3 is 2.30 bits per heavy atom. The molecule has 0 saturated carbocycles. The van der Waals surface area contributed by atoms with Crippen LogP contribution < -0.4 is 10.0 Å². The van der Waals surface area contributed by atoms with Gasteiger partial charge in [0.1, 0.15) is 5.82 Å². The van der Waals surface area contributed by atoms with Crippen LogP contribution in [0.1, 0.15) is 39.5 Å². The molecule has 0 aliphatic heterocycles. The normalized spacial score (nSPS) is 11.2. The van der Waals surface area contributed by atoms with Gasteiger partial charge in [0, 0.05) is 17.4 Å². The fourth-order valence-corrected chi connectivity index (χ4v) is 4.07. The molecular formula is C23H25N3O3S. The quantitative estimate of drug-likeness (QED) is 0.587. The average Bonchev–Trinajstić information content (AvgIpc) is 2.71. The summed E-state index contributed by atoms with van der Waals surface area (Å²) in [6, 6.07) is 16.1. The van der Waals surface area contributed by atoms with Gasteiger partial charge in [-0.15, -0.1) is 0 Å². The highest BCUT2D eigenvalue weighted by molar-refractivity contribution is 7.91. The molecule has 30 heavy (non-hydrogen) atoms. The molecule has 6 nitrogen and oxygen atoms in total. The van der Waals surface area contributed by atoms with Gasteiger partial charge in [-0.1, -0.05) is 37.3 Å². The predicted octanol–water partition coefficient (Wildman–Crippen LogP) is 4.46. The van der Waals surface area contributed by atoms with Crippen LogP contribution in [0.3, 0.4) is 0 Å². The Labute approximate surface area is 177 Å². The van der Waals surface area contributed by atoms with Crippen molar-refractivity contribution in [1.82, 2.24) is 4.98 Å². The second-order valence-electron chi connectivity index (χ2n) is 7.21. The minimum atomic E-state index is -3.66.